The maximum absolute atomic E-state index is 9.81. The Bertz CT molecular complexity index is 1130. The molecule has 7 heteroatoms. The number of hydrogen-bond donors (Lipinski definition) is 2. The number of fused-ring (bicyclic) bond motifs is 1. The molecule has 1 atom stereocenters. The molecular weight excluding hydrogens is 430 g/mol. The number of pyridine rings is 1. The summed E-state index contributed by atoms with van der Waals surface area (Å²) in [4.78, 5) is 6.91. The normalized spacial score (nSPS) is 15.9. The van der Waals surface area contributed by atoms with Crippen molar-refractivity contribution in [1.29, 1.82) is 0 Å². The zero-order chi connectivity index (χ0) is 23.9. The number of aromatic hydroxyl groups is 1. The second kappa shape index (κ2) is 11.0. The van der Waals surface area contributed by atoms with Gasteiger partial charge in [-0.15, -0.1) is 0 Å². The van der Waals surface area contributed by atoms with Crippen LogP contribution in [0.25, 0.3) is 0 Å². The van der Waals surface area contributed by atoms with E-state index in [2.05, 4.69) is 51.4 Å². The summed E-state index contributed by atoms with van der Waals surface area (Å²) in [7, 11) is 3.36. The highest BCUT2D eigenvalue weighted by Crippen LogP contribution is 2.41. The molecule has 34 heavy (non-hydrogen) atoms. The number of benzene rings is 2. The first-order valence-electron chi connectivity index (χ1n) is 11.5. The molecule has 4 rings (SSSR count). The van der Waals surface area contributed by atoms with Crippen molar-refractivity contribution < 1.29 is 19.8 Å². The van der Waals surface area contributed by atoms with E-state index in [1.165, 1.54) is 16.7 Å². The second-order valence-corrected chi connectivity index (χ2v) is 8.41. The van der Waals surface area contributed by atoms with Crippen molar-refractivity contribution in [2.45, 2.75) is 31.7 Å². The Balaban J connectivity index is 1.50. The summed E-state index contributed by atoms with van der Waals surface area (Å²) < 4.78 is 11.2. The molecule has 0 saturated heterocycles. The van der Waals surface area contributed by atoms with E-state index in [0.29, 0.717) is 0 Å². The summed E-state index contributed by atoms with van der Waals surface area (Å²) >= 11 is 0. The maximum Gasteiger partial charge on any atom is 0.161 e. The molecular formula is C27H31N3O4. The lowest BCUT2D eigenvalue weighted by atomic mass is 9.87. The number of oxime groups is 1. The molecule has 1 unspecified atom stereocenters. The molecule has 1 aliphatic heterocycles. The first kappa shape index (κ1) is 23.6. The SMILES string of the molecule is COc1cc2c(cc1OC)C(c1ccccc1)N(CCCCc1ccc(O)c(C=NO)n1)CC2. The molecule has 0 fully saturated rings. The molecule has 7 nitrogen and oxygen atoms in total. The van der Waals surface area contributed by atoms with Crippen molar-refractivity contribution in [1.82, 2.24) is 9.88 Å². The highest BCUT2D eigenvalue weighted by atomic mass is 16.5. The largest absolute Gasteiger partial charge is 0.506 e. The van der Waals surface area contributed by atoms with E-state index in [1.807, 2.05) is 12.1 Å². The van der Waals surface area contributed by atoms with E-state index in [-0.39, 0.29) is 17.5 Å². The van der Waals surface area contributed by atoms with Crippen LogP contribution in [0.5, 0.6) is 17.2 Å². The molecule has 0 aliphatic carbocycles. The molecule has 1 aromatic heterocycles. The smallest absolute Gasteiger partial charge is 0.161 e. The number of unbranched alkanes of at least 4 members (excludes halogenated alkanes) is 1. The van der Waals surface area contributed by atoms with Gasteiger partial charge >= 0.3 is 0 Å². The molecule has 0 bridgehead atoms. The Hall–Kier alpha value is -3.58. The number of aryl methyl sites for hydroxylation is 1. The Morgan fingerprint density at radius 2 is 1.82 bits per heavy atom. The van der Waals surface area contributed by atoms with Crippen LogP contribution in [0.2, 0.25) is 0 Å². The van der Waals surface area contributed by atoms with Crippen molar-refractivity contribution in [3.8, 4) is 17.2 Å². The molecule has 2 aromatic carbocycles. The van der Waals surface area contributed by atoms with Crippen LogP contribution in [0, 0.1) is 0 Å². The van der Waals surface area contributed by atoms with Crippen molar-refractivity contribution in [2.75, 3.05) is 27.3 Å². The fourth-order valence-corrected chi connectivity index (χ4v) is 4.68. The number of hydrogen-bond acceptors (Lipinski definition) is 7. The van der Waals surface area contributed by atoms with Gasteiger partial charge in [-0.05, 0) is 73.2 Å². The van der Waals surface area contributed by atoms with Gasteiger partial charge in [0.25, 0.3) is 0 Å². The molecule has 0 radical (unpaired) electrons. The van der Waals surface area contributed by atoms with E-state index < -0.39 is 0 Å². The Labute approximate surface area is 200 Å². The van der Waals surface area contributed by atoms with Gasteiger partial charge in [0, 0.05) is 12.2 Å². The highest BCUT2D eigenvalue weighted by Gasteiger charge is 2.30. The van der Waals surface area contributed by atoms with E-state index in [0.717, 1.165) is 62.2 Å². The molecule has 3 aromatic rings. The minimum atomic E-state index is 0.00583. The van der Waals surface area contributed by atoms with E-state index >= 15 is 0 Å². The summed E-state index contributed by atoms with van der Waals surface area (Å²) in [5.74, 6) is 1.53. The van der Waals surface area contributed by atoms with Crippen LogP contribution in [0.15, 0.2) is 59.8 Å². The predicted octanol–water partition coefficient (Wildman–Crippen LogP) is 4.58. The number of rotatable bonds is 9. The lowest BCUT2D eigenvalue weighted by molar-refractivity contribution is 0.208. The lowest BCUT2D eigenvalue weighted by Gasteiger charge is -2.38. The number of aromatic nitrogens is 1. The Morgan fingerprint density at radius 3 is 2.56 bits per heavy atom. The van der Waals surface area contributed by atoms with Gasteiger partial charge in [0.1, 0.15) is 11.4 Å². The Morgan fingerprint density at radius 1 is 1.06 bits per heavy atom. The first-order valence-corrected chi connectivity index (χ1v) is 11.5. The number of ether oxygens (including phenoxy) is 2. The summed E-state index contributed by atoms with van der Waals surface area (Å²) in [6, 6.07) is 18.4. The standard InChI is InChI=1S/C27H31N3O4/c1-33-25-16-20-13-15-30(14-7-6-10-21-11-12-24(31)23(29-21)18-28-32)27(19-8-4-3-5-9-19)22(20)17-26(25)34-2/h3-5,8-9,11-12,16-18,27,31-32H,6-7,10,13-15H2,1-2H3. The van der Waals surface area contributed by atoms with E-state index in [9.17, 15) is 5.11 Å². The number of nitrogens with zero attached hydrogens (tertiary/aromatic N) is 3. The first-order chi connectivity index (χ1) is 16.6. The van der Waals surface area contributed by atoms with Gasteiger partial charge in [0.15, 0.2) is 11.5 Å². The third-order valence-electron chi connectivity index (χ3n) is 6.36. The predicted molar refractivity (Wildman–Crippen MR) is 131 cm³/mol. The molecule has 178 valence electrons. The van der Waals surface area contributed by atoms with E-state index in [4.69, 9.17) is 14.7 Å². The van der Waals surface area contributed by atoms with Crippen LogP contribution in [0.4, 0.5) is 0 Å². The van der Waals surface area contributed by atoms with Gasteiger partial charge in [-0.25, -0.2) is 4.98 Å². The van der Waals surface area contributed by atoms with Crippen molar-refractivity contribution in [2.24, 2.45) is 5.16 Å². The van der Waals surface area contributed by atoms with Gasteiger partial charge in [-0.3, -0.25) is 4.90 Å². The Kier molecular flexibility index (Phi) is 7.65. The summed E-state index contributed by atoms with van der Waals surface area (Å²) in [6.07, 6.45) is 4.88. The summed E-state index contributed by atoms with van der Waals surface area (Å²) in [6.45, 7) is 1.92. The highest BCUT2D eigenvalue weighted by molar-refractivity contribution is 5.80. The van der Waals surface area contributed by atoms with Crippen LogP contribution in [-0.4, -0.2) is 53.7 Å². The van der Waals surface area contributed by atoms with Crippen molar-refractivity contribution in [3.05, 3.63) is 82.7 Å². The van der Waals surface area contributed by atoms with Crippen LogP contribution in [0.1, 0.15) is 47.0 Å². The van der Waals surface area contributed by atoms with Crippen molar-refractivity contribution in [3.63, 3.8) is 0 Å². The summed E-state index contributed by atoms with van der Waals surface area (Å²) in [5.41, 5.74) is 4.98. The number of methoxy groups -OCH3 is 2. The maximum atomic E-state index is 9.81. The monoisotopic (exact) mass is 461 g/mol. The van der Waals surface area contributed by atoms with Crippen LogP contribution >= 0.6 is 0 Å². The fourth-order valence-electron chi connectivity index (χ4n) is 4.68. The minimum Gasteiger partial charge on any atom is -0.506 e. The molecule has 0 amide bonds. The third kappa shape index (κ3) is 5.15. The average molecular weight is 462 g/mol. The minimum absolute atomic E-state index is 0.00583. The van der Waals surface area contributed by atoms with Crippen LogP contribution < -0.4 is 9.47 Å². The van der Waals surface area contributed by atoms with Gasteiger partial charge in [0.2, 0.25) is 0 Å². The average Bonchev–Trinajstić information content (AvgIpc) is 2.87. The van der Waals surface area contributed by atoms with E-state index in [1.54, 1.807) is 20.3 Å². The fraction of sp³-hybridized carbons (Fsp3) is 0.333. The van der Waals surface area contributed by atoms with Crippen LogP contribution in [-0.2, 0) is 12.8 Å². The lowest BCUT2D eigenvalue weighted by Crippen LogP contribution is -2.37. The van der Waals surface area contributed by atoms with Gasteiger partial charge in [-0.2, -0.15) is 0 Å². The second-order valence-electron chi connectivity index (χ2n) is 8.41. The molecule has 2 N–H and O–H groups in total. The third-order valence-corrected chi connectivity index (χ3v) is 6.36. The van der Waals surface area contributed by atoms with Gasteiger partial charge < -0.3 is 19.8 Å². The van der Waals surface area contributed by atoms with Crippen molar-refractivity contribution >= 4 is 6.21 Å². The quantitative estimate of drug-likeness (QED) is 0.210. The topological polar surface area (TPSA) is 87.4 Å². The van der Waals surface area contributed by atoms with Crippen LogP contribution in [0.3, 0.4) is 0 Å². The molecule has 1 aliphatic rings. The van der Waals surface area contributed by atoms with Gasteiger partial charge in [-0.1, -0.05) is 35.5 Å². The molecule has 0 saturated carbocycles. The zero-order valence-corrected chi connectivity index (χ0v) is 19.6. The summed E-state index contributed by atoms with van der Waals surface area (Å²) in [5, 5.41) is 21.5. The molecule has 2 heterocycles. The van der Waals surface area contributed by atoms with Gasteiger partial charge in [0.05, 0.1) is 26.5 Å². The molecule has 0 spiro atoms. The zero-order valence-electron chi connectivity index (χ0n) is 19.6.